The fraction of sp³-hybridized carbons (Fsp3) is 0.696. The summed E-state index contributed by atoms with van der Waals surface area (Å²) in [5.41, 5.74) is 1.99. The number of nitrogens with zero attached hydrogens (tertiary/aromatic N) is 2. The van der Waals surface area contributed by atoms with Gasteiger partial charge in [0.2, 0.25) is 0 Å². The molecule has 2 rings (SSSR count). The van der Waals surface area contributed by atoms with Crippen molar-refractivity contribution in [2.45, 2.75) is 72.5 Å². The van der Waals surface area contributed by atoms with Crippen LogP contribution in [0.4, 0.5) is 0 Å². The summed E-state index contributed by atoms with van der Waals surface area (Å²) in [4.78, 5) is 17.5. The predicted octanol–water partition coefficient (Wildman–Crippen LogP) is 4.16. The van der Waals surface area contributed by atoms with Crippen LogP contribution >= 0.6 is 0 Å². The molecule has 1 N–H and O–H groups in total. The van der Waals surface area contributed by atoms with Crippen molar-refractivity contribution in [1.82, 2.24) is 15.1 Å². The van der Waals surface area contributed by atoms with Crippen molar-refractivity contribution in [3.05, 3.63) is 35.4 Å². The maximum Gasteiger partial charge on any atom is 0.251 e. The zero-order chi connectivity index (χ0) is 20.0. The van der Waals surface area contributed by atoms with Crippen molar-refractivity contribution in [3.63, 3.8) is 0 Å². The standard InChI is InChI=1S/C23H39N3O/c1-7-25(18(2)3)16-20-10-12-21(13-11-20)22(27)24-17-23(5,6)26-14-8-9-19(4)15-26/h10-13,18-19H,7-9,14-17H2,1-6H3,(H,24,27). The topological polar surface area (TPSA) is 35.6 Å². The number of hydrogen-bond donors (Lipinski definition) is 1. The highest BCUT2D eigenvalue weighted by molar-refractivity contribution is 5.94. The lowest BCUT2D eigenvalue weighted by molar-refractivity contribution is 0.0657. The summed E-state index contributed by atoms with van der Waals surface area (Å²) in [7, 11) is 0. The number of rotatable bonds is 8. The van der Waals surface area contributed by atoms with E-state index < -0.39 is 0 Å². The van der Waals surface area contributed by atoms with Gasteiger partial charge >= 0.3 is 0 Å². The van der Waals surface area contributed by atoms with Crippen LogP contribution in [0.25, 0.3) is 0 Å². The van der Waals surface area contributed by atoms with Gasteiger partial charge in [-0.05, 0) is 77.2 Å². The molecule has 1 amide bonds. The molecule has 0 saturated carbocycles. The quantitative estimate of drug-likeness (QED) is 0.743. The monoisotopic (exact) mass is 373 g/mol. The van der Waals surface area contributed by atoms with Gasteiger partial charge in [0.15, 0.2) is 0 Å². The Morgan fingerprint density at radius 2 is 1.96 bits per heavy atom. The Labute approximate surface area is 166 Å². The average molecular weight is 374 g/mol. The van der Waals surface area contributed by atoms with Crippen molar-refractivity contribution in [3.8, 4) is 0 Å². The van der Waals surface area contributed by atoms with Crippen LogP contribution in [0.5, 0.6) is 0 Å². The lowest BCUT2D eigenvalue weighted by Crippen LogP contribution is -2.54. The van der Waals surface area contributed by atoms with Gasteiger partial charge in [0.1, 0.15) is 0 Å². The van der Waals surface area contributed by atoms with Crippen LogP contribution in [0, 0.1) is 5.92 Å². The summed E-state index contributed by atoms with van der Waals surface area (Å²) >= 11 is 0. The molecule has 1 aliphatic heterocycles. The molecule has 4 nitrogen and oxygen atoms in total. The molecular weight excluding hydrogens is 334 g/mol. The van der Waals surface area contributed by atoms with Gasteiger partial charge in [-0.25, -0.2) is 0 Å². The van der Waals surface area contributed by atoms with E-state index in [-0.39, 0.29) is 11.4 Å². The highest BCUT2D eigenvalue weighted by Gasteiger charge is 2.30. The van der Waals surface area contributed by atoms with E-state index in [0.29, 0.717) is 12.6 Å². The van der Waals surface area contributed by atoms with E-state index in [0.717, 1.165) is 37.7 Å². The zero-order valence-corrected chi connectivity index (χ0v) is 18.2. The second kappa shape index (κ2) is 9.70. The summed E-state index contributed by atoms with van der Waals surface area (Å²) < 4.78 is 0. The Morgan fingerprint density at radius 1 is 1.30 bits per heavy atom. The summed E-state index contributed by atoms with van der Waals surface area (Å²) in [6, 6.07) is 8.59. The number of piperidine rings is 1. The van der Waals surface area contributed by atoms with E-state index in [1.54, 1.807) is 0 Å². The van der Waals surface area contributed by atoms with E-state index in [1.807, 2.05) is 12.1 Å². The van der Waals surface area contributed by atoms with Crippen molar-refractivity contribution < 1.29 is 4.79 Å². The normalized spacial score (nSPS) is 18.9. The molecule has 0 aliphatic carbocycles. The molecule has 1 atom stereocenters. The number of nitrogens with one attached hydrogen (secondary N) is 1. The molecule has 1 aromatic rings. The molecule has 0 bridgehead atoms. The van der Waals surface area contributed by atoms with Gasteiger partial charge < -0.3 is 5.32 Å². The maximum atomic E-state index is 12.6. The minimum Gasteiger partial charge on any atom is -0.350 e. The van der Waals surface area contributed by atoms with Crippen molar-refractivity contribution in [1.29, 1.82) is 0 Å². The summed E-state index contributed by atoms with van der Waals surface area (Å²) in [5.74, 6) is 0.769. The molecule has 0 spiro atoms. The number of carbonyl (C=O) groups is 1. The Hall–Kier alpha value is -1.39. The SMILES string of the molecule is CCN(Cc1ccc(C(=O)NCC(C)(C)N2CCCC(C)C2)cc1)C(C)C. The molecule has 152 valence electrons. The van der Waals surface area contributed by atoms with E-state index in [1.165, 1.54) is 18.4 Å². The second-order valence-corrected chi connectivity index (χ2v) is 9.04. The average Bonchev–Trinajstić information content (AvgIpc) is 2.64. The van der Waals surface area contributed by atoms with Crippen LogP contribution in [0.15, 0.2) is 24.3 Å². The molecule has 1 aromatic carbocycles. The van der Waals surface area contributed by atoms with Gasteiger partial charge in [-0.15, -0.1) is 0 Å². The third-order valence-corrected chi connectivity index (χ3v) is 5.93. The lowest BCUT2D eigenvalue weighted by Gasteiger charge is -2.43. The van der Waals surface area contributed by atoms with Crippen molar-refractivity contribution in [2.75, 3.05) is 26.2 Å². The number of hydrogen-bond acceptors (Lipinski definition) is 3. The van der Waals surface area contributed by atoms with Crippen LogP contribution in [-0.2, 0) is 6.54 Å². The minimum absolute atomic E-state index is 0.0107. The first-order valence-corrected chi connectivity index (χ1v) is 10.6. The molecule has 0 radical (unpaired) electrons. The smallest absolute Gasteiger partial charge is 0.251 e. The molecule has 27 heavy (non-hydrogen) atoms. The van der Waals surface area contributed by atoms with Crippen LogP contribution in [-0.4, -0.2) is 53.5 Å². The molecule has 4 heteroatoms. The fourth-order valence-electron chi connectivity index (χ4n) is 3.91. The minimum atomic E-state index is -0.0107. The fourth-order valence-corrected chi connectivity index (χ4v) is 3.91. The highest BCUT2D eigenvalue weighted by atomic mass is 16.1. The lowest BCUT2D eigenvalue weighted by atomic mass is 9.93. The van der Waals surface area contributed by atoms with E-state index in [9.17, 15) is 4.79 Å². The largest absolute Gasteiger partial charge is 0.350 e. The van der Waals surface area contributed by atoms with E-state index >= 15 is 0 Å². The zero-order valence-electron chi connectivity index (χ0n) is 18.2. The van der Waals surface area contributed by atoms with Gasteiger partial charge in [0.05, 0.1) is 0 Å². The van der Waals surface area contributed by atoms with Gasteiger partial charge in [0, 0.05) is 36.8 Å². The van der Waals surface area contributed by atoms with Gasteiger partial charge in [-0.3, -0.25) is 14.6 Å². The first-order chi connectivity index (χ1) is 12.7. The van der Waals surface area contributed by atoms with E-state index in [4.69, 9.17) is 0 Å². The first-order valence-electron chi connectivity index (χ1n) is 10.6. The molecule has 1 heterocycles. The Balaban J connectivity index is 1.90. The Bertz CT molecular complexity index is 594. The number of likely N-dealkylation sites (tertiary alicyclic amines) is 1. The third kappa shape index (κ3) is 6.32. The number of amides is 1. The van der Waals surface area contributed by atoms with Gasteiger partial charge in [-0.1, -0.05) is 26.0 Å². The first kappa shape index (κ1) is 21.9. The maximum absolute atomic E-state index is 12.6. The molecule has 1 unspecified atom stereocenters. The summed E-state index contributed by atoms with van der Waals surface area (Å²) in [6.45, 7) is 18.3. The van der Waals surface area contributed by atoms with Crippen LogP contribution in [0.1, 0.15) is 70.3 Å². The molecule has 1 fully saturated rings. The Morgan fingerprint density at radius 3 is 2.52 bits per heavy atom. The molecule has 1 aliphatic rings. The van der Waals surface area contributed by atoms with Crippen LogP contribution in [0.2, 0.25) is 0 Å². The van der Waals surface area contributed by atoms with Gasteiger partial charge in [0.25, 0.3) is 5.91 Å². The molecule has 1 saturated heterocycles. The van der Waals surface area contributed by atoms with Crippen LogP contribution in [0.3, 0.4) is 0 Å². The summed E-state index contributed by atoms with van der Waals surface area (Å²) in [6.07, 6.45) is 2.57. The Kier molecular flexibility index (Phi) is 7.87. The highest BCUT2D eigenvalue weighted by Crippen LogP contribution is 2.23. The van der Waals surface area contributed by atoms with Crippen LogP contribution < -0.4 is 5.32 Å². The van der Waals surface area contributed by atoms with E-state index in [2.05, 4.69) is 68.8 Å². The third-order valence-electron chi connectivity index (χ3n) is 5.93. The molecule has 0 aromatic heterocycles. The molecular formula is C23H39N3O. The summed E-state index contributed by atoms with van der Waals surface area (Å²) in [5, 5.41) is 3.15. The number of carbonyl (C=O) groups excluding carboxylic acids is 1. The second-order valence-electron chi connectivity index (χ2n) is 9.04. The predicted molar refractivity (Wildman–Crippen MR) is 114 cm³/mol. The van der Waals surface area contributed by atoms with Crippen molar-refractivity contribution >= 4 is 5.91 Å². The number of benzene rings is 1. The van der Waals surface area contributed by atoms with Crippen molar-refractivity contribution in [2.24, 2.45) is 5.92 Å². The van der Waals surface area contributed by atoms with Gasteiger partial charge in [-0.2, -0.15) is 0 Å².